The number of hydrogen-bond acceptors (Lipinski definition) is 2. The number of hydrogen-bond donors (Lipinski definition) is 1. The summed E-state index contributed by atoms with van der Waals surface area (Å²) in [6.07, 6.45) is 1.11. The summed E-state index contributed by atoms with van der Waals surface area (Å²) in [7, 11) is 3.51. The zero-order valence-corrected chi connectivity index (χ0v) is 12.2. The molecule has 1 unspecified atom stereocenters. The van der Waals surface area contributed by atoms with Gasteiger partial charge in [0, 0.05) is 44.4 Å². The molecule has 1 aliphatic rings. The highest BCUT2D eigenvalue weighted by molar-refractivity contribution is 6.30. The summed E-state index contributed by atoms with van der Waals surface area (Å²) in [5, 5.41) is 3.71. The quantitative estimate of drug-likeness (QED) is 0.924. The Morgan fingerprint density at radius 1 is 1.42 bits per heavy atom. The molecular formula is C14H20ClN3O. The fourth-order valence-electron chi connectivity index (χ4n) is 2.28. The number of rotatable bonds is 3. The Balaban J connectivity index is 1.83. The van der Waals surface area contributed by atoms with Crippen LogP contribution in [-0.4, -0.2) is 44.7 Å². The molecule has 0 spiro atoms. The number of halogens is 1. The van der Waals surface area contributed by atoms with Crippen molar-refractivity contribution in [3.63, 3.8) is 0 Å². The fraction of sp³-hybridized carbons (Fsp3) is 0.500. The lowest BCUT2D eigenvalue weighted by Crippen LogP contribution is -2.38. The molecule has 2 rings (SSSR count). The lowest BCUT2D eigenvalue weighted by Gasteiger charge is -2.19. The maximum atomic E-state index is 11.5. The van der Waals surface area contributed by atoms with E-state index < -0.39 is 0 Å². The van der Waals surface area contributed by atoms with Gasteiger partial charge in [-0.3, -0.25) is 0 Å². The first-order valence-electron chi connectivity index (χ1n) is 6.52. The van der Waals surface area contributed by atoms with Crippen LogP contribution in [0.3, 0.4) is 0 Å². The van der Waals surface area contributed by atoms with E-state index in [4.69, 9.17) is 11.6 Å². The Bertz CT molecular complexity index is 433. The van der Waals surface area contributed by atoms with E-state index in [9.17, 15) is 4.79 Å². The minimum Gasteiger partial charge on any atom is -0.371 e. The third-order valence-electron chi connectivity index (χ3n) is 3.43. The first kappa shape index (κ1) is 14.0. The molecule has 0 saturated carbocycles. The summed E-state index contributed by atoms with van der Waals surface area (Å²) in [4.78, 5) is 15.4. The minimum atomic E-state index is -0.0232. The molecule has 0 bridgehead atoms. The van der Waals surface area contributed by atoms with Crippen LogP contribution in [0.5, 0.6) is 0 Å². The van der Waals surface area contributed by atoms with Crippen molar-refractivity contribution in [3.05, 3.63) is 29.3 Å². The predicted molar refractivity (Wildman–Crippen MR) is 78.9 cm³/mol. The topological polar surface area (TPSA) is 35.6 Å². The van der Waals surface area contributed by atoms with Gasteiger partial charge in [0.1, 0.15) is 0 Å². The summed E-state index contributed by atoms with van der Waals surface area (Å²) in [5.74, 6) is 0.513. The second kappa shape index (κ2) is 6.15. The number of nitrogens with one attached hydrogen (secondary N) is 1. The van der Waals surface area contributed by atoms with Gasteiger partial charge >= 0.3 is 6.03 Å². The summed E-state index contributed by atoms with van der Waals surface area (Å²) < 4.78 is 0. The molecule has 104 valence electrons. The van der Waals surface area contributed by atoms with Crippen LogP contribution < -0.4 is 10.2 Å². The van der Waals surface area contributed by atoms with Crippen molar-refractivity contribution in [1.29, 1.82) is 0 Å². The van der Waals surface area contributed by atoms with Gasteiger partial charge in [0.25, 0.3) is 0 Å². The zero-order chi connectivity index (χ0) is 13.8. The molecule has 1 aromatic carbocycles. The maximum absolute atomic E-state index is 11.5. The summed E-state index contributed by atoms with van der Waals surface area (Å²) in [6.45, 7) is 2.75. The average Bonchev–Trinajstić information content (AvgIpc) is 2.85. The molecular weight excluding hydrogens is 262 g/mol. The second-order valence-electron chi connectivity index (χ2n) is 5.16. The molecule has 4 nitrogen and oxygen atoms in total. The summed E-state index contributed by atoms with van der Waals surface area (Å²) in [5.41, 5.74) is 1.20. The van der Waals surface area contributed by atoms with Crippen molar-refractivity contribution in [2.45, 2.75) is 6.42 Å². The molecule has 5 heteroatoms. The highest BCUT2D eigenvalue weighted by Gasteiger charge is 2.23. The van der Waals surface area contributed by atoms with Crippen LogP contribution in [0.2, 0.25) is 5.02 Å². The molecule has 1 aliphatic heterocycles. The molecule has 0 aromatic heterocycles. The Labute approximate surface area is 119 Å². The van der Waals surface area contributed by atoms with E-state index >= 15 is 0 Å². The average molecular weight is 282 g/mol. The summed E-state index contributed by atoms with van der Waals surface area (Å²) >= 11 is 5.89. The molecule has 2 amide bonds. The van der Waals surface area contributed by atoms with Crippen LogP contribution in [0.1, 0.15) is 6.42 Å². The van der Waals surface area contributed by atoms with E-state index in [1.54, 1.807) is 19.0 Å². The van der Waals surface area contributed by atoms with Gasteiger partial charge in [0.05, 0.1) is 0 Å². The van der Waals surface area contributed by atoms with E-state index in [-0.39, 0.29) is 6.03 Å². The van der Waals surface area contributed by atoms with Crippen LogP contribution in [0.25, 0.3) is 0 Å². The number of amides is 2. The summed E-state index contributed by atoms with van der Waals surface area (Å²) in [6, 6.07) is 7.90. The third-order valence-corrected chi connectivity index (χ3v) is 3.68. The fourth-order valence-corrected chi connectivity index (χ4v) is 2.40. The molecule has 1 fully saturated rings. The molecule has 0 radical (unpaired) electrons. The normalized spacial score (nSPS) is 18.5. The van der Waals surface area contributed by atoms with Crippen LogP contribution in [-0.2, 0) is 0 Å². The molecule has 1 saturated heterocycles. The standard InChI is InChI=1S/C14H20ClN3O/c1-17(2)14(19)16-9-11-7-8-18(10-11)13-5-3-12(15)4-6-13/h3-6,11H,7-10H2,1-2H3,(H,16,19). The molecule has 1 atom stereocenters. The smallest absolute Gasteiger partial charge is 0.316 e. The number of carbonyl (C=O) groups excluding carboxylic acids is 1. The van der Waals surface area contributed by atoms with E-state index in [2.05, 4.69) is 10.2 Å². The van der Waals surface area contributed by atoms with Gasteiger partial charge in [0.15, 0.2) is 0 Å². The highest BCUT2D eigenvalue weighted by Crippen LogP contribution is 2.24. The predicted octanol–water partition coefficient (Wildman–Crippen LogP) is 2.44. The first-order chi connectivity index (χ1) is 9.06. The lowest BCUT2D eigenvalue weighted by molar-refractivity contribution is 0.216. The first-order valence-corrected chi connectivity index (χ1v) is 6.89. The zero-order valence-electron chi connectivity index (χ0n) is 11.4. The van der Waals surface area contributed by atoms with Crippen LogP contribution in [0, 0.1) is 5.92 Å². The Morgan fingerprint density at radius 3 is 2.74 bits per heavy atom. The van der Waals surface area contributed by atoms with E-state index in [0.717, 1.165) is 31.1 Å². The monoisotopic (exact) mass is 281 g/mol. The Kier molecular flexibility index (Phi) is 4.53. The number of urea groups is 1. The molecule has 1 heterocycles. The number of carbonyl (C=O) groups is 1. The van der Waals surface area contributed by atoms with Gasteiger partial charge in [-0.05, 0) is 36.6 Å². The third kappa shape index (κ3) is 3.77. The van der Waals surface area contributed by atoms with Gasteiger partial charge in [-0.2, -0.15) is 0 Å². The van der Waals surface area contributed by atoms with Crippen molar-refractivity contribution in [2.75, 3.05) is 38.6 Å². The van der Waals surface area contributed by atoms with Crippen LogP contribution in [0.15, 0.2) is 24.3 Å². The number of benzene rings is 1. The van der Waals surface area contributed by atoms with Gasteiger partial charge < -0.3 is 15.1 Å². The highest BCUT2D eigenvalue weighted by atomic mass is 35.5. The van der Waals surface area contributed by atoms with Gasteiger partial charge in [-0.1, -0.05) is 11.6 Å². The van der Waals surface area contributed by atoms with Crippen molar-refractivity contribution in [2.24, 2.45) is 5.92 Å². The van der Waals surface area contributed by atoms with Crippen LogP contribution in [0.4, 0.5) is 10.5 Å². The lowest BCUT2D eigenvalue weighted by atomic mass is 10.1. The van der Waals surface area contributed by atoms with Crippen molar-refractivity contribution in [1.82, 2.24) is 10.2 Å². The number of nitrogens with zero attached hydrogens (tertiary/aromatic N) is 2. The molecule has 0 aliphatic carbocycles. The van der Waals surface area contributed by atoms with Crippen molar-refractivity contribution >= 4 is 23.3 Å². The largest absolute Gasteiger partial charge is 0.371 e. The second-order valence-corrected chi connectivity index (χ2v) is 5.59. The molecule has 1 N–H and O–H groups in total. The molecule has 1 aromatic rings. The minimum absolute atomic E-state index is 0.0232. The van der Waals surface area contributed by atoms with Crippen molar-refractivity contribution in [3.8, 4) is 0 Å². The van der Waals surface area contributed by atoms with E-state index in [0.29, 0.717) is 5.92 Å². The van der Waals surface area contributed by atoms with Gasteiger partial charge in [-0.25, -0.2) is 4.79 Å². The van der Waals surface area contributed by atoms with Gasteiger partial charge in [-0.15, -0.1) is 0 Å². The number of anilines is 1. The van der Waals surface area contributed by atoms with Gasteiger partial charge in [0.2, 0.25) is 0 Å². The Morgan fingerprint density at radius 2 is 2.11 bits per heavy atom. The van der Waals surface area contributed by atoms with E-state index in [1.165, 1.54) is 5.69 Å². The maximum Gasteiger partial charge on any atom is 0.316 e. The van der Waals surface area contributed by atoms with E-state index in [1.807, 2.05) is 24.3 Å². The van der Waals surface area contributed by atoms with Crippen molar-refractivity contribution < 1.29 is 4.79 Å². The van der Waals surface area contributed by atoms with Crippen LogP contribution >= 0.6 is 11.6 Å². The molecule has 19 heavy (non-hydrogen) atoms. The SMILES string of the molecule is CN(C)C(=O)NCC1CCN(c2ccc(Cl)cc2)C1. The Hall–Kier alpha value is -1.42.